The normalized spacial score (nSPS) is 20.1. The molecule has 2 aromatic heterocycles. The fourth-order valence-electron chi connectivity index (χ4n) is 3.19. The van der Waals surface area contributed by atoms with Gasteiger partial charge in [-0.15, -0.1) is 28.2 Å². The largest absolute Gasteiger partial charge is 0.477 e. The van der Waals surface area contributed by atoms with E-state index in [0.717, 1.165) is 16.2 Å². The molecule has 0 bridgehead atoms. The third-order valence-electron chi connectivity index (χ3n) is 4.70. The zero-order valence-electron chi connectivity index (χ0n) is 17.5. The van der Waals surface area contributed by atoms with E-state index in [2.05, 4.69) is 35.8 Å². The third kappa shape index (κ3) is 5.05. The fourth-order valence-corrected chi connectivity index (χ4v) is 6.08. The van der Waals surface area contributed by atoms with Crippen molar-refractivity contribution in [3.8, 4) is 0 Å². The highest BCUT2D eigenvalue weighted by Crippen LogP contribution is 2.41. The van der Waals surface area contributed by atoms with Crippen molar-refractivity contribution >= 4 is 63.5 Å². The standard InChI is InChI=1S/C16H15F2N9O5S3/c1-26-16(22-24-25-26)35-3-5-2-33-12-8(11(29)27(12)9(5)13(30)31)21-10(28)7(23-32-14(17)18)6-4-34-15(19)20-6/h4,8,12,14H,2-3H2,1H3,(H2,19,20)(H,21,28)(H,30,31)/b23-7+/t8?,12-/m1/s1. The number of hydrogen-bond donors (Lipinski definition) is 3. The first-order chi connectivity index (χ1) is 16.7. The van der Waals surface area contributed by atoms with Crippen LogP contribution in [0.2, 0.25) is 0 Å². The number of aryl methyl sites for hydroxylation is 1. The molecule has 4 N–H and O–H groups in total. The summed E-state index contributed by atoms with van der Waals surface area (Å²) in [5, 5.41) is 27.5. The van der Waals surface area contributed by atoms with E-state index in [0.29, 0.717) is 10.7 Å². The highest BCUT2D eigenvalue weighted by molar-refractivity contribution is 8.01. The molecule has 0 aromatic carbocycles. The zero-order valence-corrected chi connectivity index (χ0v) is 19.9. The molecule has 4 heterocycles. The van der Waals surface area contributed by atoms with Crippen molar-refractivity contribution in [1.82, 2.24) is 35.4 Å². The minimum atomic E-state index is -3.29. The molecule has 2 atom stereocenters. The third-order valence-corrected chi connectivity index (χ3v) is 7.81. The first-order valence-electron chi connectivity index (χ1n) is 9.46. The summed E-state index contributed by atoms with van der Waals surface area (Å²) >= 11 is 3.40. The Balaban J connectivity index is 1.50. The quantitative estimate of drug-likeness (QED) is 0.161. The number of nitrogens with one attached hydrogen (secondary N) is 1. The molecule has 1 fully saturated rings. The van der Waals surface area contributed by atoms with Crippen molar-refractivity contribution < 1.29 is 33.1 Å². The molecular weight excluding hydrogens is 532 g/mol. The Morgan fingerprint density at radius 1 is 1.49 bits per heavy atom. The van der Waals surface area contributed by atoms with Gasteiger partial charge >= 0.3 is 12.6 Å². The summed E-state index contributed by atoms with van der Waals surface area (Å²) in [7, 11) is 1.64. The van der Waals surface area contributed by atoms with Gasteiger partial charge in [0.25, 0.3) is 11.8 Å². The van der Waals surface area contributed by atoms with Crippen molar-refractivity contribution in [2.45, 2.75) is 23.2 Å². The average Bonchev–Trinajstić information content (AvgIpc) is 3.42. The Morgan fingerprint density at radius 3 is 2.86 bits per heavy atom. The van der Waals surface area contributed by atoms with Gasteiger partial charge in [0, 0.05) is 23.9 Å². The van der Waals surface area contributed by atoms with Crippen LogP contribution in [0.3, 0.4) is 0 Å². The minimum Gasteiger partial charge on any atom is -0.477 e. The number of oxime groups is 1. The Kier molecular flexibility index (Phi) is 7.17. The van der Waals surface area contributed by atoms with Gasteiger partial charge in [0.1, 0.15) is 22.8 Å². The maximum absolute atomic E-state index is 12.8. The number of tetrazole rings is 1. The van der Waals surface area contributed by atoms with Gasteiger partial charge in [-0.25, -0.2) is 14.5 Å². The molecule has 35 heavy (non-hydrogen) atoms. The van der Waals surface area contributed by atoms with Crippen LogP contribution in [0.25, 0.3) is 0 Å². The second-order valence-electron chi connectivity index (χ2n) is 6.87. The molecule has 186 valence electrons. The topological polar surface area (TPSA) is 191 Å². The Hall–Kier alpha value is -3.32. The number of halogens is 2. The van der Waals surface area contributed by atoms with Crippen molar-refractivity contribution in [2.75, 3.05) is 17.2 Å². The first kappa shape index (κ1) is 24.8. The molecule has 0 spiro atoms. The van der Waals surface area contributed by atoms with Crippen LogP contribution in [0, 0.1) is 0 Å². The number of amides is 2. The zero-order chi connectivity index (χ0) is 25.3. The van der Waals surface area contributed by atoms with Crippen LogP contribution in [0.4, 0.5) is 13.9 Å². The van der Waals surface area contributed by atoms with Gasteiger partial charge < -0.3 is 21.0 Å². The number of hydrogen-bond acceptors (Lipinski definition) is 13. The molecule has 2 aliphatic heterocycles. The number of aliphatic carboxylic acids is 1. The van der Waals surface area contributed by atoms with E-state index >= 15 is 0 Å². The van der Waals surface area contributed by atoms with E-state index in [-0.39, 0.29) is 28.0 Å². The molecule has 4 rings (SSSR count). The van der Waals surface area contributed by atoms with Crippen LogP contribution in [0.1, 0.15) is 5.69 Å². The monoisotopic (exact) mass is 547 g/mol. The number of nitrogens with two attached hydrogens (primary N) is 1. The number of nitrogens with zero attached hydrogens (tertiary/aromatic N) is 7. The minimum absolute atomic E-state index is 0.0602. The summed E-state index contributed by atoms with van der Waals surface area (Å²) in [6.07, 6.45) is 0. The summed E-state index contributed by atoms with van der Waals surface area (Å²) in [6.45, 7) is -3.29. The van der Waals surface area contributed by atoms with Gasteiger partial charge in [-0.1, -0.05) is 16.9 Å². The predicted octanol–water partition coefficient (Wildman–Crippen LogP) is -0.277. The van der Waals surface area contributed by atoms with Crippen LogP contribution >= 0.6 is 34.9 Å². The number of anilines is 1. The van der Waals surface area contributed by atoms with E-state index in [4.69, 9.17) is 5.73 Å². The van der Waals surface area contributed by atoms with Gasteiger partial charge in [0.05, 0.1) is 0 Å². The van der Waals surface area contributed by atoms with Gasteiger partial charge in [-0.3, -0.25) is 14.5 Å². The molecule has 19 heteroatoms. The second kappa shape index (κ2) is 10.1. The molecule has 0 radical (unpaired) electrons. The number of carbonyl (C=O) groups is 3. The summed E-state index contributed by atoms with van der Waals surface area (Å²) in [4.78, 5) is 46.4. The number of carboxylic acids is 1. The van der Waals surface area contributed by atoms with Crippen LogP contribution in [-0.2, 0) is 26.3 Å². The number of fused-ring (bicyclic) bond motifs is 1. The summed E-state index contributed by atoms with van der Waals surface area (Å²) in [5.74, 6) is -2.50. The molecular formula is C16H15F2N9O5S3. The van der Waals surface area contributed by atoms with Gasteiger partial charge in [-0.2, -0.15) is 8.78 Å². The average molecular weight is 548 g/mol. The van der Waals surface area contributed by atoms with Crippen LogP contribution in [-0.4, -0.2) is 88.2 Å². The number of carboxylic acid groups (broad SMARTS) is 1. The number of rotatable bonds is 9. The van der Waals surface area contributed by atoms with Gasteiger partial charge in [0.15, 0.2) is 10.8 Å². The lowest BCUT2D eigenvalue weighted by Crippen LogP contribution is -2.71. The number of β-lactam (4-membered cyclic amide) rings is 1. The molecule has 1 saturated heterocycles. The Morgan fingerprint density at radius 2 is 2.26 bits per heavy atom. The predicted molar refractivity (Wildman–Crippen MR) is 119 cm³/mol. The summed E-state index contributed by atoms with van der Waals surface area (Å²) in [5.41, 5.74) is 5.11. The van der Waals surface area contributed by atoms with E-state index in [1.165, 1.54) is 33.6 Å². The summed E-state index contributed by atoms with van der Waals surface area (Å²) < 4.78 is 26.4. The molecule has 0 aliphatic carbocycles. The maximum atomic E-state index is 12.8. The number of nitrogen functional groups attached to an aromatic ring is 1. The SMILES string of the molecule is Cn1nnnc1SCC1=C(C(=O)O)N2C(=O)C(NC(=O)/C(=N/OC(F)F)c3csc(N)n3)[C@H]2SC1. The smallest absolute Gasteiger partial charge is 0.407 e. The Labute approximate surface area is 206 Å². The fraction of sp³-hybridized carbons (Fsp3) is 0.375. The van der Waals surface area contributed by atoms with Crippen LogP contribution in [0.15, 0.2) is 27.0 Å². The van der Waals surface area contributed by atoms with E-state index < -0.39 is 41.5 Å². The summed E-state index contributed by atoms with van der Waals surface area (Å²) in [6, 6.07) is -1.12. The molecule has 2 aromatic rings. The van der Waals surface area contributed by atoms with Crippen molar-refractivity contribution in [3.05, 3.63) is 22.3 Å². The van der Waals surface area contributed by atoms with E-state index in [9.17, 15) is 28.3 Å². The molecule has 14 nitrogen and oxygen atoms in total. The first-order valence-corrected chi connectivity index (χ1v) is 12.4. The lowest BCUT2D eigenvalue weighted by molar-refractivity contribution is -0.150. The number of carbonyl (C=O) groups excluding carboxylic acids is 2. The van der Waals surface area contributed by atoms with Gasteiger partial charge in [-0.05, 0) is 16.0 Å². The van der Waals surface area contributed by atoms with Crippen molar-refractivity contribution in [3.63, 3.8) is 0 Å². The maximum Gasteiger partial charge on any atom is 0.407 e. The van der Waals surface area contributed by atoms with Crippen molar-refractivity contribution in [2.24, 2.45) is 12.2 Å². The Bertz CT molecular complexity index is 1230. The molecule has 1 unspecified atom stereocenters. The highest BCUT2D eigenvalue weighted by Gasteiger charge is 2.54. The molecule has 2 aliphatic rings. The number of alkyl halides is 2. The highest BCUT2D eigenvalue weighted by atomic mass is 32.2. The van der Waals surface area contributed by atoms with E-state index in [1.54, 1.807) is 7.05 Å². The van der Waals surface area contributed by atoms with Crippen LogP contribution in [0.5, 0.6) is 0 Å². The molecule has 0 saturated carbocycles. The van der Waals surface area contributed by atoms with Gasteiger partial charge in [0.2, 0.25) is 5.16 Å². The number of thiazole rings is 1. The van der Waals surface area contributed by atoms with E-state index in [1.807, 2.05) is 0 Å². The lowest BCUT2D eigenvalue weighted by Gasteiger charge is -2.49. The molecule has 2 amide bonds. The second-order valence-corrected chi connectivity index (χ2v) is 9.81. The number of thioether (sulfide) groups is 2. The van der Waals surface area contributed by atoms with Crippen molar-refractivity contribution in [1.29, 1.82) is 0 Å². The van der Waals surface area contributed by atoms with Crippen LogP contribution < -0.4 is 11.1 Å². The lowest BCUT2D eigenvalue weighted by atomic mass is 10.0. The number of aromatic nitrogens is 5.